The Morgan fingerprint density at radius 1 is 1.38 bits per heavy atom. The maximum Gasteiger partial charge on any atom is 0.254 e. The summed E-state index contributed by atoms with van der Waals surface area (Å²) in [6.07, 6.45) is 5.39. The Labute approximate surface area is 139 Å². The second kappa shape index (κ2) is 6.49. The van der Waals surface area contributed by atoms with Gasteiger partial charge in [0.25, 0.3) is 5.91 Å². The Bertz CT molecular complexity index is 819. The van der Waals surface area contributed by atoms with Crippen molar-refractivity contribution in [3.05, 3.63) is 54.2 Å². The summed E-state index contributed by atoms with van der Waals surface area (Å²) in [7, 11) is 0. The first kappa shape index (κ1) is 15.0. The van der Waals surface area contributed by atoms with Crippen LogP contribution in [0.1, 0.15) is 29.0 Å². The van der Waals surface area contributed by atoms with E-state index in [2.05, 4.69) is 9.97 Å². The third-order valence-corrected chi connectivity index (χ3v) is 4.33. The summed E-state index contributed by atoms with van der Waals surface area (Å²) < 4.78 is 11.1. The Kier molecular flexibility index (Phi) is 4.04. The third kappa shape index (κ3) is 3.05. The Morgan fingerprint density at radius 2 is 2.33 bits per heavy atom. The minimum absolute atomic E-state index is 0.0293. The SMILES string of the molecule is O=C(c1ccc2nc[nH]c2c1)N(Cc1ccco1)CC1CCCO1. The standard InChI is InChI=1S/C18H19N3O3/c22-18(13-5-6-16-17(9-13)20-12-19-16)21(10-14-3-1-7-23-14)11-15-4-2-8-24-15/h1,3,5-7,9,12,15H,2,4,8,10-11H2,(H,19,20). The number of carbonyl (C=O) groups excluding carboxylic acids is 1. The van der Waals surface area contributed by atoms with Crippen molar-refractivity contribution in [1.82, 2.24) is 14.9 Å². The first-order valence-corrected chi connectivity index (χ1v) is 8.16. The molecule has 1 amide bonds. The van der Waals surface area contributed by atoms with Gasteiger partial charge in [0.1, 0.15) is 5.76 Å². The highest BCUT2D eigenvalue weighted by Gasteiger charge is 2.24. The molecule has 24 heavy (non-hydrogen) atoms. The number of furan rings is 1. The molecule has 1 atom stereocenters. The quantitative estimate of drug-likeness (QED) is 0.783. The van der Waals surface area contributed by atoms with Crippen molar-refractivity contribution in [2.45, 2.75) is 25.5 Å². The number of hydrogen-bond donors (Lipinski definition) is 1. The van der Waals surface area contributed by atoms with Crippen molar-refractivity contribution in [2.75, 3.05) is 13.2 Å². The van der Waals surface area contributed by atoms with Crippen LogP contribution in [-0.4, -0.2) is 40.0 Å². The van der Waals surface area contributed by atoms with Gasteiger partial charge in [-0.05, 0) is 43.2 Å². The molecule has 2 aromatic heterocycles. The van der Waals surface area contributed by atoms with Gasteiger partial charge < -0.3 is 19.0 Å². The molecule has 4 rings (SSSR count). The fourth-order valence-corrected chi connectivity index (χ4v) is 3.10. The van der Waals surface area contributed by atoms with E-state index >= 15 is 0 Å². The molecular weight excluding hydrogens is 306 g/mol. The molecular formula is C18H19N3O3. The number of rotatable bonds is 5. The predicted molar refractivity (Wildman–Crippen MR) is 88.5 cm³/mol. The van der Waals surface area contributed by atoms with Gasteiger partial charge in [-0.25, -0.2) is 4.98 Å². The minimum Gasteiger partial charge on any atom is -0.467 e. The summed E-state index contributed by atoms with van der Waals surface area (Å²) >= 11 is 0. The lowest BCUT2D eigenvalue weighted by Crippen LogP contribution is -2.36. The number of nitrogens with one attached hydrogen (secondary N) is 1. The number of fused-ring (bicyclic) bond motifs is 1. The summed E-state index contributed by atoms with van der Waals surface area (Å²) in [4.78, 5) is 22.1. The summed E-state index contributed by atoms with van der Waals surface area (Å²) in [6.45, 7) is 1.78. The van der Waals surface area contributed by atoms with Crippen molar-refractivity contribution < 1.29 is 13.9 Å². The van der Waals surface area contributed by atoms with E-state index < -0.39 is 0 Å². The highest BCUT2D eigenvalue weighted by molar-refractivity contribution is 5.97. The van der Waals surface area contributed by atoms with Crippen LogP contribution in [0.15, 0.2) is 47.3 Å². The molecule has 1 saturated heterocycles. The smallest absolute Gasteiger partial charge is 0.254 e. The number of carbonyl (C=O) groups is 1. The van der Waals surface area contributed by atoms with Gasteiger partial charge in [0.05, 0.1) is 36.3 Å². The second-order valence-corrected chi connectivity index (χ2v) is 6.03. The van der Waals surface area contributed by atoms with Crippen LogP contribution in [-0.2, 0) is 11.3 Å². The second-order valence-electron chi connectivity index (χ2n) is 6.03. The average molecular weight is 325 g/mol. The summed E-state index contributed by atoms with van der Waals surface area (Å²) in [6, 6.07) is 9.23. The molecule has 6 nitrogen and oxygen atoms in total. The molecule has 3 aromatic rings. The molecule has 6 heteroatoms. The fourth-order valence-electron chi connectivity index (χ4n) is 3.10. The maximum atomic E-state index is 13.0. The van der Waals surface area contributed by atoms with Crippen molar-refractivity contribution in [1.29, 1.82) is 0 Å². The molecule has 1 aromatic carbocycles. The van der Waals surface area contributed by atoms with Gasteiger partial charge in [0.2, 0.25) is 0 Å². The summed E-state index contributed by atoms with van der Waals surface area (Å²) in [5, 5.41) is 0. The van der Waals surface area contributed by atoms with Crippen LogP contribution in [0.2, 0.25) is 0 Å². The molecule has 0 bridgehead atoms. The molecule has 1 fully saturated rings. The van der Waals surface area contributed by atoms with Gasteiger partial charge in [-0.2, -0.15) is 0 Å². The predicted octanol–water partition coefficient (Wildman–Crippen LogP) is 2.98. The zero-order valence-corrected chi connectivity index (χ0v) is 13.3. The lowest BCUT2D eigenvalue weighted by atomic mass is 10.1. The number of imidazole rings is 1. The molecule has 0 aliphatic carbocycles. The largest absolute Gasteiger partial charge is 0.467 e. The summed E-state index contributed by atoms with van der Waals surface area (Å²) in [5.74, 6) is 0.738. The highest BCUT2D eigenvalue weighted by Crippen LogP contribution is 2.19. The number of amides is 1. The van der Waals surface area contributed by atoms with Crippen LogP contribution in [0, 0.1) is 0 Å². The Balaban J connectivity index is 1.58. The maximum absolute atomic E-state index is 13.0. The van der Waals surface area contributed by atoms with Crippen LogP contribution in [0.3, 0.4) is 0 Å². The minimum atomic E-state index is -0.0293. The van der Waals surface area contributed by atoms with Crippen LogP contribution < -0.4 is 0 Å². The summed E-state index contributed by atoms with van der Waals surface area (Å²) in [5.41, 5.74) is 2.34. The Hall–Kier alpha value is -2.60. The molecule has 0 saturated carbocycles. The van der Waals surface area contributed by atoms with Gasteiger partial charge in [-0.15, -0.1) is 0 Å². The molecule has 1 N–H and O–H groups in total. The number of H-pyrrole nitrogens is 1. The van der Waals surface area contributed by atoms with E-state index in [0.29, 0.717) is 18.7 Å². The molecule has 1 aliphatic heterocycles. The lowest BCUT2D eigenvalue weighted by Gasteiger charge is -2.24. The van der Waals surface area contributed by atoms with Crippen LogP contribution in [0.4, 0.5) is 0 Å². The monoisotopic (exact) mass is 325 g/mol. The van der Waals surface area contributed by atoms with E-state index in [-0.39, 0.29) is 12.0 Å². The molecule has 0 radical (unpaired) electrons. The molecule has 124 valence electrons. The lowest BCUT2D eigenvalue weighted by molar-refractivity contribution is 0.0491. The normalized spacial score (nSPS) is 17.4. The van der Waals surface area contributed by atoms with Gasteiger partial charge in [-0.3, -0.25) is 4.79 Å². The van der Waals surface area contributed by atoms with E-state index in [1.54, 1.807) is 17.5 Å². The fraction of sp³-hybridized carbons (Fsp3) is 0.333. The van der Waals surface area contributed by atoms with Crippen LogP contribution in [0.5, 0.6) is 0 Å². The molecule has 1 unspecified atom stereocenters. The van der Waals surface area contributed by atoms with Gasteiger partial charge >= 0.3 is 0 Å². The van der Waals surface area contributed by atoms with Gasteiger partial charge in [0, 0.05) is 18.7 Å². The van der Waals surface area contributed by atoms with E-state index in [4.69, 9.17) is 9.15 Å². The number of aromatic amines is 1. The zero-order chi connectivity index (χ0) is 16.4. The first-order chi connectivity index (χ1) is 11.8. The molecule has 3 heterocycles. The molecule has 1 aliphatic rings. The number of nitrogens with zero attached hydrogens (tertiary/aromatic N) is 2. The van der Waals surface area contributed by atoms with E-state index in [1.165, 1.54) is 0 Å². The number of ether oxygens (including phenoxy) is 1. The van der Waals surface area contributed by atoms with Crippen molar-refractivity contribution in [3.63, 3.8) is 0 Å². The number of benzene rings is 1. The zero-order valence-electron chi connectivity index (χ0n) is 13.3. The van der Waals surface area contributed by atoms with Gasteiger partial charge in [-0.1, -0.05) is 0 Å². The first-order valence-electron chi connectivity index (χ1n) is 8.16. The van der Waals surface area contributed by atoms with Crippen LogP contribution in [0.25, 0.3) is 11.0 Å². The van der Waals surface area contributed by atoms with E-state index in [1.807, 2.05) is 30.3 Å². The number of aromatic nitrogens is 2. The van der Waals surface area contributed by atoms with E-state index in [0.717, 1.165) is 36.2 Å². The highest BCUT2D eigenvalue weighted by atomic mass is 16.5. The number of hydrogen-bond acceptors (Lipinski definition) is 4. The van der Waals surface area contributed by atoms with Crippen molar-refractivity contribution in [3.8, 4) is 0 Å². The van der Waals surface area contributed by atoms with E-state index in [9.17, 15) is 4.79 Å². The Morgan fingerprint density at radius 3 is 3.12 bits per heavy atom. The molecule has 0 spiro atoms. The topological polar surface area (TPSA) is 71.4 Å². The average Bonchev–Trinajstić information content (AvgIpc) is 3.35. The van der Waals surface area contributed by atoms with Crippen molar-refractivity contribution >= 4 is 16.9 Å². The third-order valence-electron chi connectivity index (χ3n) is 4.33. The van der Waals surface area contributed by atoms with Crippen LogP contribution >= 0.6 is 0 Å². The van der Waals surface area contributed by atoms with Crippen molar-refractivity contribution in [2.24, 2.45) is 0 Å². The van der Waals surface area contributed by atoms with Gasteiger partial charge in [0.15, 0.2) is 0 Å².